The third kappa shape index (κ3) is 4.31. The van der Waals surface area contributed by atoms with Crippen LogP contribution < -0.4 is 11.1 Å². The summed E-state index contributed by atoms with van der Waals surface area (Å²) < 4.78 is 25.1. The van der Waals surface area contributed by atoms with E-state index in [1.54, 1.807) is 24.3 Å². The molecule has 0 spiro atoms. The first-order chi connectivity index (χ1) is 12.5. The Kier molecular flexibility index (Phi) is 5.74. The summed E-state index contributed by atoms with van der Waals surface area (Å²) in [5, 5.41) is 3.03. The number of benzene rings is 2. The van der Waals surface area contributed by atoms with Gasteiger partial charge in [0.1, 0.15) is 0 Å². The number of hydrogen-bond donors (Lipinski definition) is 2. The maximum Gasteiger partial charge on any atom is 0.251 e. The minimum atomic E-state index is -3.44. The lowest BCUT2D eigenvalue weighted by atomic mass is 10.0. The van der Waals surface area contributed by atoms with Gasteiger partial charge in [0.2, 0.25) is 0 Å². The van der Waals surface area contributed by atoms with Crippen LogP contribution in [0.25, 0.3) is 0 Å². The van der Waals surface area contributed by atoms with Crippen molar-refractivity contribution in [2.24, 2.45) is 11.7 Å². The van der Waals surface area contributed by atoms with Crippen LogP contribution in [0.15, 0.2) is 59.5 Å². The van der Waals surface area contributed by atoms with Crippen molar-refractivity contribution in [1.82, 2.24) is 5.32 Å². The van der Waals surface area contributed by atoms with Crippen molar-refractivity contribution < 1.29 is 13.2 Å². The molecule has 1 fully saturated rings. The van der Waals surface area contributed by atoms with E-state index in [1.165, 1.54) is 12.1 Å². The molecule has 0 aromatic heterocycles. The molecule has 26 heavy (non-hydrogen) atoms. The van der Waals surface area contributed by atoms with E-state index in [0.717, 1.165) is 24.8 Å². The lowest BCUT2D eigenvalue weighted by Gasteiger charge is -2.19. The van der Waals surface area contributed by atoms with Gasteiger partial charge in [-0.15, -0.1) is 0 Å². The number of sulfone groups is 1. The number of nitrogens with one attached hydrogen (secondary N) is 1. The van der Waals surface area contributed by atoms with E-state index in [4.69, 9.17) is 5.73 Å². The average Bonchev–Trinajstić information content (AvgIpc) is 3.09. The fraction of sp³-hybridized carbons (Fsp3) is 0.350. The third-order valence-electron chi connectivity index (χ3n) is 4.95. The van der Waals surface area contributed by atoms with Crippen molar-refractivity contribution in [2.45, 2.75) is 36.0 Å². The van der Waals surface area contributed by atoms with Gasteiger partial charge in [0, 0.05) is 11.6 Å². The van der Waals surface area contributed by atoms with E-state index in [9.17, 15) is 13.2 Å². The number of amides is 1. The van der Waals surface area contributed by atoms with E-state index in [1.807, 2.05) is 18.2 Å². The number of carbonyl (C=O) groups excluding carboxylic acids is 1. The Morgan fingerprint density at radius 1 is 1.04 bits per heavy atom. The summed E-state index contributed by atoms with van der Waals surface area (Å²) in [5.74, 6) is 0.0893. The quantitative estimate of drug-likeness (QED) is 0.815. The normalized spacial score (nSPS) is 20.0. The Hall–Kier alpha value is -2.18. The number of carbonyl (C=O) groups is 1. The van der Waals surface area contributed by atoms with Crippen molar-refractivity contribution in [2.75, 3.05) is 6.54 Å². The zero-order chi connectivity index (χ0) is 18.6. The molecule has 0 saturated heterocycles. The van der Waals surface area contributed by atoms with Gasteiger partial charge in [-0.25, -0.2) is 8.42 Å². The van der Waals surface area contributed by atoms with Gasteiger partial charge in [-0.2, -0.15) is 0 Å². The van der Waals surface area contributed by atoms with E-state index in [2.05, 4.69) is 5.32 Å². The first-order valence-corrected chi connectivity index (χ1v) is 10.5. The molecule has 2 atom stereocenters. The minimum Gasteiger partial charge on any atom is -0.349 e. The fourth-order valence-corrected chi connectivity index (χ4v) is 4.80. The number of rotatable bonds is 6. The summed E-state index contributed by atoms with van der Waals surface area (Å²) in [6.07, 6.45) is 3.05. The Morgan fingerprint density at radius 2 is 1.73 bits per heavy atom. The summed E-state index contributed by atoms with van der Waals surface area (Å²) >= 11 is 0. The van der Waals surface area contributed by atoms with Crippen molar-refractivity contribution >= 4 is 15.7 Å². The highest BCUT2D eigenvalue weighted by Crippen LogP contribution is 2.25. The molecule has 1 saturated carbocycles. The molecule has 1 aliphatic carbocycles. The molecule has 1 aliphatic rings. The Morgan fingerprint density at radius 3 is 2.38 bits per heavy atom. The lowest BCUT2D eigenvalue weighted by molar-refractivity contribution is 0.0928. The first kappa shape index (κ1) is 18.6. The molecular weight excluding hydrogens is 348 g/mol. The number of nitrogens with two attached hydrogens (primary N) is 1. The first-order valence-electron chi connectivity index (χ1n) is 8.87. The van der Waals surface area contributed by atoms with Crippen molar-refractivity contribution in [3.05, 3.63) is 65.7 Å². The van der Waals surface area contributed by atoms with Gasteiger partial charge >= 0.3 is 0 Å². The molecule has 138 valence electrons. The van der Waals surface area contributed by atoms with E-state index in [-0.39, 0.29) is 22.6 Å². The lowest BCUT2D eigenvalue weighted by Crippen LogP contribution is -2.39. The molecule has 1 amide bonds. The second-order valence-corrected chi connectivity index (χ2v) is 8.77. The fourth-order valence-electron chi connectivity index (χ4n) is 3.45. The predicted molar refractivity (Wildman–Crippen MR) is 101 cm³/mol. The van der Waals surface area contributed by atoms with Gasteiger partial charge in [0.25, 0.3) is 5.91 Å². The molecular formula is C20H24N2O3S. The van der Waals surface area contributed by atoms with Crippen LogP contribution in [-0.4, -0.2) is 26.9 Å². The largest absolute Gasteiger partial charge is 0.349 e. The predicted octanol–water partition coefficient (Wildman–Crippen LogP) is 2.52. The van der Waals surface area contributed by atoms with Crippen LogP contribution in [0, 0.1) is 5.92 Å². The molecule has 0 bridgehead atoms. The molecule has 3 N–H and O–H groups in total. The van der Waals surface area contributed by atoms with Crippen LogP contribution in [0.2, 0.25) is 0 Å². The van der Waals surface area contributed by atoms with Crippen LogP contribution >= 0.6 is 0 Å². The van der Waals surface area contributed by atoms with Crippen LogP contribution in [0.1, 0.15) is 35.2 Å². The summed E-state index contributed by atoms with van der Waals surface area (Å²) in [4.78, 5) is 12.6. The molecule has 0 aliphatic heterocycles. The van der Waals surface area contributed by atoms with E-state index < -0.39 is 9.84 Å². The Bertz CT molecular complexity index is 848. The molecule has 0 radical (unpaired) electrons. The minimum absolute atomic E-state index is 0.0559. The van der Waals surface area contributed by atoms with E-state index in [0.29, 0.717) is 18.0 Å². The van der Waals surface area contributed by atoms with Gasteiger partial charge in [0.05, 0.1) is 10.6 Å². The SMILES string of the molecule is NCC1CCCC1NC(=O)c1ccc(S(=O)(=O)Cc2ccccc2)cc1. The summed E-state index contributed by atoms with van der Waals surface area (Å²) in [5.41, 5.74) is 6.96. The van der Waals surface area contributed by atoms with Gasteiger partial charge in [0.15, 0.2) is 9.84 Å². The molecule has 0 heterocycles. The molecule has 2 aromatic carbocycles. The highest BCUT2D eigenvalue weighted by molar-refractivity contribution is 7.90. The maximum atomic E-state index is 12.5. The standard InChI is InChI=1S/C20H24N2O3S/c21-13-17-7-4-8-19(17)22-20(23)16-9-11-18(12-10-16)26(24,25)14-15-5-2-1-3-6-15/h1-3,5-6,9-12,17,19H,4,7-8,13-14,21H2,(H,22,23). The van der Waals surface area contributed by atoms with Gasteiger partial charge in [-0.05, 0) is 55.1 Å². The van der Waals surface area contributed by atoms with Gasteiger partial charge < -0.3 is 11.1 Å². The van der Waals surface area contributed by atoms with Gasteiger partial charge in [-0.1, -0.05) is 36.8 Å². The Labute approximate surface area is 154 Å². The highest BCUT2D eigenvalue weighted by Gasteiger charge is 2.27. The Balaban J connectivity index is 1.68. The molecule has 6 heteroatoms. The summed E-state index contributed by atoms with van der Waals surface area (Å²) in [6.45, 7) is 0.571. The highest BCUT2D eigenvalue weighted by atomic mass is 32.2. The number of hydrogen-bond acceptors (Lipinski definition) is 4. The molecule has 5 nitrogen and oxygen atoms in total. The van der Waals surface area contributed by atoms with Crippen LogP contribution in [0.5, 0.6) is 0 Å². The smallest absolute Gasteiger partial charge is 0.251 e. The molecule has 3 rings (SSSR count). The molecule has 2 unspecified atom stereocenters. The van der Waals surface area contributed by atoms with Crippen LogP contribution in [-0.2, 0) is 15.6 Å². The zero-order valence-electron chi connectivity index (χ0n) is 14.6. The zero-order valence-corrected chi connectivity index (χ0v) is 15.4. The van der Waals surface area contributed by atoms with Crippen LogP contribution in [0.4, 0.5) is 0 Å². The summed E-state index contributed by atoms with van der Waals surface area (Å²) in [6, 6.07) is 15.3. The monoisotopic (exact) mass is 372 g/mol. The second-order valence-electron chi connectivity index (χ2n) is 6.78. The van der Waals surface area contributed by atoms with Gasteiger partial charge in [-0.3, -0.25) is 4.79 Å². The average molecular weight is 372 g/mol. The third-order valence-corrected chi connectivity index (χ3v) is 6.66. The topological polar surface area (TPSA) is 89.3 Å². The molecule has 2 aromatic rings. The van der Waals surface area contributed by atoms with E-state index >= 15 is 0 Å². The second kappa shape index (κ2) is 8.01. The maximum absolute atomic E-state index is 12.5. The van der Waals surface area contributed by atoms with Crippen LogP contribution in [0.3, 0.4) is 0 Å². The summed E-state index contributed by atoms with van der Waals surface area (Å²) in [7, 11) is -3.44. The van der Waals surface area contributed by atoms with Crippen molar-refractivity contribution in [1.29, 1.82) is 0 Å². The van der Waals surface area contributed by atoms with Crippen molar-refractivity contribution in [3.63, 3.8) is 0 Å². The van der Waals surface area contributed by atoms with Crippen molar-refractivity contribution in [3.8, 4) is 0 Å².